The van der Waals surface area contributed by atoms with Crippen molar-refractivity contribution in [3.63, 3.8) is 0 Å². The minimum absolute atomic E-state index is 0.109. The number of hydrazone groups is 1. The molecule has 0 bridgehead atoms. The summed E-state index contributed by atoms with van der Waals surface area (Å²) in [7, 11) is 3.19. The lowest BCUT2D eigenvalue weighted by atomic mass is 10.1. The minimum Gasteiger partial charge on any atom is -0.493 e. The number of nitrogens with one attached hydrogen (secondary N) is 1. The molecule has 2 aromatic carbocycles. The Balaban J connectivity index is 2.00. The predicted molar refractivity (Wildman–Crippen MR) is 112 cm³/mol. The largest absolute Gasteiger partial charge is 0.493 e. The zero-order valence-corrected chi connectivity index (χ0v) is 17.0. The molecule has 144 valence electrons. The molecule has 0 aliphatic rings. The van der Waals surface area contributed by atoms with Gasteiger partial charge in [-0.2, -0.15) is 5.10 Å². The Hall–Kier alpha value is -2.47. The van der Waals surface area contributed by atoms with E-state index in [1.165, 1.54) is 5.56 Å². The van der Waals surface area contributed by atoms with Crippen LogP contribution in [0.4, 0.5) is 0 Å². The number of thioether (sulfide) groups is 1. The van der Waals surface area contributed by atoms with Gasteiger partial charge in [-0.05, 0) is 37.1 Å². The van der Waals surface area contributed by atoms with Crippen LogP contribution in [-0.2, 0) is 10.5 Å². The van der Waals surface area contributed by atoms with Crippen molar-refractivity contribution in [2.45, 2.75) is 31.3 Å². The summed E-state index contributed by atoms with van der Waals surface area (Å²) in [5, 5.41) is 4.13. The van der Waals surface area contributed by atoms with Crippen molar-refractivity contribution < 1.29 is 14.3 Å². The minimum atomic E-state index is -0.197. The van der Waals surface area contributed by atoms with Gasteiger partial charge >= 0.3 is 0 Å². The van der Waals surface area contributed by atoms with E-state index < -0.39 is 0 Å². The third-order valence-electron chi connectivity index (χ3n) is 4.06. The number of hydrogen-bond donors (Lipinski definition) is 1. The molecule has 2 aromatic rings. The zero-order chi connectivity index (χ0) is 19.6. The van der Waals surface area contributed by atoms with Crippen LogP contribution in [0.1, 0.15) is 31.4 Å². The van der Waals surface area contributed by atoms with Crippen LogP contribution in [-0.4, -0.2) is 31.1 Å². The fourth-order valence-electron chi connectivity index (χ4n) is 2.45. The Morgan fingerprint density at radius 2 is 1.81 bits per heavy atom. The first-order chi connectivity index (χ1) is 13.1. The van der Waals surface area contributed by atoms with Crippen molar-refractivity contribution in [3.8, 4) is 11.5 Å². The number of ether oxygens (including phenoxy) is 2. The van der Waals surface area contributed by atoms with Crippen LogP contribution in [0.3, 0.4) is 0 Å². The van der Waals surface area contributed by atoms with Crippen LogP contribution in [0.5, 0.6) is 11.5 Å². The quantitative estimate of drug-likeness (QED) is 0.517. The van der Waals surface area contributed by atoms with Crippen LogP contribution in [0.25, 0.3) is 0 Å². The van der Waals surface area contributed by atoms with Gasteiger partial charge in [0.2, 0.25) is 0 Å². The maximum atomic E-state index is 12.4. The standard InChI is InChI=1S/C21H26N2O3S/c1-5-18(17-11-12-19(25-3)20(13-17)26-4)22-23-21(24)15(2)27-14-16-9-7-6-8-10-16/h6-13,15H,5,14H2,1-4H3,(H,23,24)/b22-18-/t15-/m1/s1. The van der Waals surface area contributed by atoms with Gasteiger partial charge in [0.05, 0.1) is 25.2 Å². The fraction of sp³-hybridized carbons (Fsp3) is 0.333. The number of amides is 1. The molecule has 0 fully saturated rings. The third-order valence-corrected chi connectivity index (χ3v) is 5.28. The van der Waals surface area contributed by atoms with Gasteiger partial charge in [0, 0.05) is 11.3 Å². The maximum Gasteiger partial charge on any atom is 0.252 e. The smallest absolute Gasteiger partial charge is 0.252 e. The molecule has 1 N–H and O–H groups in total. The van der Waals surface area contributed by atoms with Crippen LogP contribution < -0.4 is 14.9 Å². The Morgan fingerprint density at radius 3 is 2.44 bits per heavy atom. The molecule has 0 spiro atoms. The van der Waals surface area contributed by atoms with Gasteiger partial charge in [0.1, 0.15) is 0 Å². The highest BCUT2D eigenvalue weighted by atomic mass is 32.2. The molecule has 27 heavy (non-hydrogen) atoms. The van der Waals surface area contributed by atoms with E-state index in [1.807, 2.05) is 50.2 Å². The molecule has 0 aliphatic heterocycles. The number of carbonyl (C=O) groups is 1. The van der Waals surface area contributed by atoms with E-state index in [2.05, 4.69) is 22.7 Å². The highest BCUT2D eigenvalue weighted by Gasteiger charge is 2.14. The number of hydrogen-bond acceptors (Lipinski definition) is 5. The second kappa shape index (κ2) is 10.6. The summed E-state index contributed by atoms with van der Waals surface area (Å²) in [5.41, 5.74) is 5.56. The maximum absolute atomic E-state index is 12.4. The summed E-state index contributed by atoms with van der Waals surface area (Å²) in [6.45, 7) is 3.88. The van der Waals surface area contributed by atoms with Crippen molar-refractivity contribution in [3.05, 3.63) is 59.7 Å². The van der Waals surface area contributed by atoms with Gasteiger partial charge in [0.25, 0.3) is 5.91 Å². The molecule has 0 aromatic heterocycles. The Bertz CT molecular complexity index is 778. The topological polar surface area (TPSA) is 59.9 Å². The van der Waals surface area contributed by atoms with Crippen molar-refractivity contribution >= 4 is 23.4 Å². The summed E-state index contributed by atoms with van der Waals surface area (Å²) in [4.78, 5) is 12.4. The molecular formula is C21H26N2O3S. The van der Waals surface area contributed by atoms with Gasteiger partial charge in [-0.1, -0.05) is 37.3 Å². The van der Waals surface area contributed by atoms with E-state index in [-0.39, 0.29) is 11.2 Å². The van der Waals surface area contributed by atoms with Crippen LogP contribution in [0, 0.1) is 0 Å². The lowest BCUT2D eigenvalue weighted by Crippen LogP contribution is -2.28. The lowest BCUT2D eigenvalue weighted by Gasteiger charge is -2.12. The monoisotopic (exact) mass is 386 g/mol. The SMILES string of the molecule is CC/C(=N/NC(=O)[C@@H](C)SCc1ccccc1)c1ccc(OC)c(OC)c1. The van der Waals surface area contributed by atoms with Crippen molar-refractivity contribution in [2.75, 3.05) is 14.2 Å². The third kappa shape index (κ3) is 6.03. The van der Waals surface area contributed by atoms with E-state index in [9.17, 15) is 4.79 Å². The first-order valence-electron chi connectivity index (χ1n) is 8.83. The first-order valence-corrected chi connectivity index (χ1v) is 9.88. The summed E-state index contributed by atoms with van der Waals surface area (Å²) in [6.07, 6.45) is 0.682. The number of carbonyl (C=O) groups excluding carboxylic acids is 1. The van der Waals surface area contributed by atoms with Crippen LogP contribution in [0.2, 0.25) is 0 Å². The average molecular weight is 387 g/mol. The summed E-state index contributed by atoms with van der Waals surface area (Å²) >= 11 is 1.59. The Kier molecular flexibility index (Phi) is 8.20. The Morgan fingerprint density at radius 1 is 1.11 bits per heavy atom. The summed E-state index contributed by atoms with van der Waals surface area (Å²) in [6, 6.07) is 15.7. The molecule has 0 saturated heterocycles. The highest BCUT2D eigenvalue weighted by molar-refractivity contribution is 7.99. The second-order valence-corrected chi connectivity index (χ2v) is 7.23. The van der Waals surface area contributed by atoms with Gasteiger partial charge in [-0.15, -0.1) is 11.8 Å². The molecule has 2 rings (SSSR count). The molecule has 0 unspecified atom stereocenters. The fourth-order valence-corrected chi connectivity index (χ4v) is 3.29. The summed E-state index contributed by atoms with van der Waals surface area (Å²) in [5.74, 6) is 1.97. The van der Waals surface area contributed by atoms with Crippen molar-refractivity contribution in [2.24, 2.45) is 5.10 Å². The first kappa shape index (κ1) is 20.8. The highest BCUT2D eigenvalue weighted by Crippen LogP contribution is 2.28. The molecule has 0 heterocycles. The van der Waals surface area contributed by atoms with Gasteiger partial charge in [-0.3, -0.25) is 4.79 Å². The summed E-state index contributed by atoms with van der Waals surface area (Å²) < 4.78 is 10.6. The van der Waals surface area contributed by atoms with E-state index in [1.54, 1.807) is 26.0 Å². The second-order valence-electron chi connectivity index (χ2n) is 5.90. The average Bonchev–Trinajstić information content (AvgIpc) is 2.72. The predicted octanol–water partition coefficient (Wildman–Crippen LogP) is 4.26. The molecule has 0 radical (unpaired) electrons. The Labute approximate surface area is 165 Å². The molecule has 1 amide bonds. The van der Waals surface area contributed by atoms with Gasteiger partial charge in [-0.25, -0.2) is 5.43 Å². The number of methoxy groups -OCH3 is 2. The number of benzene rings is 2. The van der Waals surface area contributed by atoms with Gasteiger partial charge in [0.15, 0.2) is 11.5 Å². The number of rotatable bonds is 9. The zero-order valence-electron chi connectivity index (χ0n) is 16.2. The van der Waals surface area contributed by atoms with Crippen molar-refractivity contribution in [1.82, 2.24) is 5.43 Å². The lowest BCUT2D eigenvalue weighted by molar-refractivity contribution is -0.120. The van der Waals surface area contributed by atoms with Crippen molar-refractivity contribution in [1.29, 1.82) is 0 Å². The van der Waals surface area contributed by atoms with E-state index >= 15 is 0 Å². The molecule has 0 aliphatic carbocycles. The number of nitrogens with zero attached hydrogens (tertiary/aromatic N) is 1. The van der Waals surface area contributed by atoms with Crippen LogP contribution in [0.15, 0.2) is 53.6 Å². The molecular weight excluding hydrogens is 360 g/mol. The van der Waals surface area contributed by atoms with Gasteiger partial charge < -0.3 is 9.47 Å². The van der Waals surface area contributed by atoms with E-state index in [0.717, 1.165) is 17.0 Å². The molecule has 1 atom stereocenters. The normalized spacial score (nSPS) is 12.4. The molecule has 6 heteroatoms. The van der Waals surface area contributed by atoms with E-state index in [4.69, 9.17) is 9.47 Å². The molecule has 0 saturated carbocycles. The molecule has 5 nitrogen and oxygen atoms in total. The van der Waals surface area contributed by atoms with Crippen LogP contribution >= 0.6 is 11.8 Å². The van der Waals surface area contributed by atoms with E-state index in [0.29, 0.717) is 17.9 Å².